The van der Waals surface area contributed by atoms with Crippen LogP contribution in [0.1, 0.15) is 50.3 Å². The lowest BCUT2D eigenvalue weighted by atomic mass is 9.75. The van der Waals surface area contributed by atoms with Crippen LogP contribution in [0.2, 0.25) is 0 Å². The maximum atomic E-state index is 12.9. The van der Waals surface area contributed by atoms with Gasteiger partial charge in [0.2, 0.25) is 5.91 Å². The minimum absolute atomic E-state index is 0.0945. The fraction of sp³-hybridized carbons (Fsp3) is 0.480. The number of pyridine rings is 1. The first-order valence-electron chi connectivity index (χ1n) is 11.0. The molecule has 0 radical (unpaired) electrons. The van der Waals surface area contributed by atoms with Crippen LogP contribution in [0.4, 0.5) is 0 Å². The van der Waals surface area contributed by atoms with E-state index in [-0.39, 0.29) is 11.9 Å². The van der Waals surface area contributed by atoms with Crippen molar-refractivity contribution >= 4 is 11.9 Å². The van der Waals surface area contributed by atoms with E-state index in [1.807, 2.05) is 48.2 Å². The van der Waals surface area contributed by atoms with Crippen molar-refractivity contribution in [1.82, 2.24) is 9.88 Å². The van der Waals surface area contributed by atoms with Crippen molar-refractivity contribution in [3.05, 3.63) is 66.0 Å². The van der Waals surface area contributed by atoms with Gasteiger partial charge in [-0.1, -0.05) is 36.4 Å². The summed E-state index contributed by atoms with van der Waals surface area (Å²) in [4.78, 5) is 32.0. The van der Waals surface area contributed by atoms with Gasteiger partial charge < -0.3 is 9.64 Å². The third-order valence-electron chi connectivity index (χ3n) is 5.92. The molecule has 160 valence electrons. The number of ether oxygens (including phenoxy) is 1. The Bertz CT molecular complexity index is 810. The van der Waals surface area contributed by atoms with Crippen molar-refractivity contribution in [3.8, 4) is 0 Å². The van der Waals surface area contributed by atoms with E-state index in [9.17, 15) is 9.59 Å². The Morgan fingerprint density at radius 3 is 2.63 bits per heavy atom. The van der Waals surface area contributed by atoms with Crippen molar-refractivity contribution in [2.45, 2.75) is 51.9 Å². The van der Waals surface area contributed by atoms with E-state index in [1.165, 1.54) is 5.56 Å². The summed E-state index contributed by atoms with van der Waals surface area (Å²) in [6.45, 7) is 3.38. The molecule has 1 aliphatic heterocycles. The average molecular weight is 409 g/mol. The summed E-state index contributed by atoms with van der Waals surface area (Å²) < 4.78 is 5.46. The molecule has 1 aromatic heterocycles. The van der Waals surface area contributed by atoms with Crippen LogP contribution in [-0.2, 0) is 27.2 Å². The van der Waals surface area contributed by atoms with Crippen molar-refractivity contribution < 1.29 is 14.3 Å². The zero-order valence-corrected chi connectivity index (χ0v) is 17.9. The van der Waals surface area contributed by atoms with E-state index >= 15 is 0 Å². The maximum absolute atomic E-state index is 12.9. The number of likely N-dealkylation sites (tertiary alicyclic amines) is 1. The number of nitrogens with zero attached hydrogens (tertiary/aromatic N) is 2. The lowest BCUT2D eigenvalue weighted by Gasteiger charge is -2.41. The lowest BCUT2D eigenvalue weighted by Crippen LogP contribution is -2.50. The molecule has 1 atom stereocenters. The predicted molar refractivity (Wildman–Crippen MR) is 117 cm³/mol. The van der Waals surface area contributed by atoms with Crippen LogP contribution in [0.3, 0.4) is 0 Å². The van der Waals surface area contributed by atoms with Gasteiger partial charge in [0, 0.05) is 31.4 Å². The molecule has 0 N–H and O–H groups in total. The second kappa shape index (κ2) is 10.9. The van der Waals surface area contributed by atoms with Crippen LogP contribution in [0.15, 0.2) is 54.7 Å². The highest BCUT2D eigenvalue weighted by Crippen LogP contribution is 2.37. The van der Waals surface area contributed by atoms with E-state index in [0.29, 0.717) is 32.5 Å². The molecule has 1 aromatic carbocycles. The summed E-state index contributed by atoms with van der Waals surface area (Å²) in [7, 11) is 0. The van der Waals surface area contributed by atoms with Crippen LogP contribution in [0.25, 0.3) is 0 Å². The van der Waals surface area contributed by atoms with E-state index in [0.717, 1.165) is 37.8 Å². The third kappa shape index (κ3) is 5.91. The first-order valence-corrected chi connectivity index (χ1v) is 11.0. The summed E-state index contributed by atoms with van der Waals surface area (Å²) in [6, 6.07) is 16.1. The molecule has 1 saturated heterocycles. The number of rotatable bonds is 9. The van der Waals surface area contributed by atoms with E-state index < -0.39 is 5.41 Å². The number of carbonyl (C=O) groups is 2. The fourth-order valence-electron chi connectivity index (χ4n) is 4.32. The number of piperidine rings is 1. The summed E-state index contributed by atoms with van der Waals surface area (Å²) in [5.74, 6) is -0.0580. The largest absolute Gasteiger partial charge is 0.466 e. The zero-order valence-electron chi connectivity index (χ0n) is 17.9. The number of aromatic nitrogens is 1. The van der Waals surface area contributed by atoms with Crippen molar-refractivity contribution in [3.63, 3.8) is 0 Å². The highest BCUT2D eigenvalue weighted by molar-refractivity contribution is 5.81. The summed E-state index contributed by atoms with van der Waals surface area (Å²) in [6.07, 6.45) is 6.97. The Morgan fingerprint density at radius 1 is 1.10 bits per heavy atom. The molecule has 30 heavy (non-hydrogen) atoms. The van der Waals surface area contributed by atoms with E-state index in [4.69, 9.17) is 4.74 Å². The molecule has 2 aromatic rings. The van der Waals surface area contributed by atoms with Crippen molar-refractivity contribution in [2.75, 3.05) is 19.7 Å². The van der Waals surface area contributed by atoms with Gasteiger partial charge in [-0.05, 0) is 63.1 Å². The zero-order chi connectivity index (χ0) is 21.2. The number of aryl methyl sites for hydroxylation is 2. The quantitative estimate of drug-likeness (QED) is 0.583. The second-order valence-corrected chi connectivity index (χ2v) is 8.08. The van der Waals surface area contributed by atoms with E-state index in [1.54, 1.807) is 6.20 Å². The van der Waals surface area contributed by atoms with E-state index in [2.05, 4.69) is 17.1 Å². The monoisotopic (exact) mass is 408 g/mol. The Kier molecular flexibility index (Phi) is 8.00. The highest BCUT2D eigenvalue weighted by Gasteiger charge is 2.44. The van der Waals surface area contributed by atoms with Gasteiger partial charge in [-0.15, -0.1) is 0 Å². The summed E-state index contributed by atoms with van der Waals surface area (Å²) >= 11 is 0. The molecule has 0 unspecified atom stereocenters. The minimum atomic E-state index is -0.594. The number of benzene rings is 1. The second-order valence-electron chi connectivity index (χ2n) is 8.08. The standard InChI is InChI=1S/C25H32N2O3/c1-2-30-24(29)25(16-8-12-21-10-4-3-5-11-21)17-9-19-27(20-25)23(28)15-14-22-13-6-7-18-26-22/h3-7,10-11,13,18H,2,8-9,12,14-17,19-20H2,1H3/t25-/m0/s1. The van der Waals surface area contributed by atoms with Crippen LogP contribution < -0.4 is 0 Å². The first-order chi connectivity index (χ1) is 14.6. The molecule has 0 saturated carbocycles. The smallest absolute Gasteiger partial charge is 0.313 e. The highest BCUT2D eigenvalue weighted by atomic mass is 16.5. The molecule has 1 fully saturated rings. The van der Waals surface area contributed by atoms with Crippen molar-refractivity contribution in [1.29, 1.82) is 0 Å². The summed E-state index contributed by atoms with van der Waals surface area (Å²) in [5.41, 5.74) is 1.60. The topological polar surface area (TPSA) is 59.5 Å². The Labute approximate surface area is 179 Å². The SMILES string of the molecule is CCOC(=O)[C@@]1(CCCc2ccccc2)CCCN(C(=O)CCc2ccccn2)C1. The molecule has 0 aliphatic carbocycles. The van der Waals surface area contributed by atoms with Crippen LogP contribution >= 0.6 is 0 Å². The first kappa shape index (κ1) is 22.0. The van der Waals surface area contributed by atoms with Gasteiger partial charge in [0.25, 0.3) is 0 Å². The van der Waals surface area contributed by atoms with Gasteiger partial charge in [-0.3, -0.25) is 14.6 Å². The molecule has 5 heteroatoms. The number of carbonyl (C=O) groups excluding carboxylic acids is 2. The lowest BCUT2D eigenvalue weighted by molar-refractivity contribution is -0.161. The molecule has 0 bridgehead atoms. The maximum Gasteiger partial charge on any atom is 0.313 e. The van der Waals surface area contributed by atoms with Crippen LogP contribution in [-0.4, -0.2) is 41.5 Å². The Hall–Kier alpha value is -2.69. The average Bonchev–Trinajstić information content (AvgIpc) is 2.79. The summed E-state index contributed by atoms with van der Waals surface area (Å²) in [5, 5.41) is 0. The number of hydrogen-bond acceptors (Lipinski definition) is 4. The molecular formula is C25H32N2O3. The molecule has 5 nitrogen and oxygen atoms in total. The van der Waals surface area contributed by atoms with Gasteiger partial charge in [-0.2, -0.15) is 0 Å². The van der Waals surface area contributed by atoms with Crippen LogP contribution in [0.5, 0.6) is 0 Å². The number of hydrogen-bond donors (Lipinski definition) is 0. The van der Waals surface area contributed by atoms with Crippen molar-refractivity contribution in [2.24, 2.45) is 5.41 Å². The van der Waals surface area contributed by atoms with Gasteiger partial charge in [-0.25, -0.2) is 0 Å². The Balaban J connectivity index is 1.62. The van der Waals surface area contributed by atoms with Gasteiger partial charge in [0.05, 0.1) is 12.0 Å². The molecule has 1 aliphatic rings. The fourth-order valence-corrected chi connectivity index (χ4v) is 4.32. The van der Waals surface area contributed by atoms with Gasteiger partial charge in [0.1, 0.15) is 0 Å². The Morgan fingerprint density at radius 2 is 1.90 bits per heavy atom. The van der Waals surface area contributed by atoms with Gasteiger partial charge >= 0.3 is 5.97 Å². The number of esters is 1. The molecular weight excluding hydrogens is 376 g/mol. The predicted octanol–water partition coefficient (Wildman–Crippen LogP) is 4.21. The third-order valence-corrected chi connectivity index (χ3v) is 5.92. The normalized spacial score (nSPS) is 18.8. The molecule has 0 spiro atoms. The van der Waals surface area contributed by atoms with Gasteiger partial charge in [0.15, 0.2) is 0 Å². The van der Waals surface area contributed by atoms with Crippen LogP contribution in [0, 0.1) is 5.41 Å². The molecule has 1 amide bonds. The molecule has 3 rings (SSSR count). The number of amides is 1. The minimum Gasteiger partial charge on any atom is -0.466 e. The molecule has 2 heterocycles.